The summed E-state index contributed by atoms with van der Waals surface area (Å²) >= 11 is 1.36. The van der Waals surface area contributed by atoms with Gasteiger partial charge in [0.05, 0.1) is 0 Å². The molecule has 0 aromatic carbocycles. The Morgan fingerprint density at radius 3 is 3.00 bits per heavy atom. The topological polar surface area (TPSA) is 63.1 Å². The Balaban J connectivity index is 2.43. The Labute approximate surface area is 92.3 Å². The fraction of sp³-hybridized carbons (Fsp3) is 0.700. The number of aliphatic carboxylic acids is 1. The van der Waals surface area contributed by atoms with Gasteiger partial charge in [0.25, 0.3) is 0 Å². The van der Waals surface area contributed by atoms with Gasteiger partial charge in [0.2, 0.25) is 0 Å². The van der Waals surface area contributed by atoms with E-state index < -0.39 is 11.4 Å². The third kappa shape index (κ3) is 1.55. The van der Waals surface area contributed by atoms with Crippen LogP contribution in [-0.2, 0) is 10.2 Å². The fourth-order valence-corrected chi connectivity index (χ4v) is 3.33. The van der Waals surface area contributed by atoms with Crippen LogP contribution in [-0.4, -0.2) is 21.3 Å². The van der Waals surface area contributed by atoms with Crippen molar-refractivity contribution in [1.29, 1.82) is 0 Å². The third-order valence-corrected chi connectivity index (χ3v) is 4.29. The number of aromatic nitrogens is 2. The van der Waals surface area contributed by atoms with Crippen LogP contribution in [0.15, 0.2) is 5.51 Å². The van der Waals surface area contributed by atoms with E-state index in [1.165, 1.54) is 11.3 Å². The molecule has 1 saturated carbocycles. The second-order valence-corrected chi connectivity index (χ2v) is 5.00. The molecule has 0 bridgehead atoms. The highest BCUT2D eigenvalue weighted by molar-refractivity contribution is 7.09. The molecule has 0 saturated heterocycles. The molecule has 2 unspecified atom stereocenters. The van der Waals surface area contributed by atoms with E-state index in [9.17, 15) is 9.90 Å². The van der Waals surface area contributed by atoms with Gasteiger partial charge in [-0.15, -0.1) is 21.5 Å². The van der Waals surface area contributed by atoms with Gasteiger partial charge in [0.15, 0.2) is 0 Å². The van der Waals surface area contributed by atoms with Crippen LogP contribution in [0.4, 0.5) is 0 Å². The van der Waals surface area contributed by atoms with Crippen LogP contribution in [0.1, 0.15) is 37.6 Å². The summed E-state index contributed by atoms with van der Waals surface area (Å²) in [5, 5.41) is 17.9. The Morgan fingerprint density at radius 1 is 1.67 bits per heavy atom. The first-order chi connectivity index (χ1) is 7.18. The lowest BCUT2D eigenvalue weighted by Crippen LogP contribution is -2.44. The normalized spacial score (nSPS) is 31.4. The zero-order valence-electron chi connectivity index (χ0n) is 8.64. The van der Waals surface area contributed by atoms with Gasteiger partial charge in [-0.25, -0.2) is 0 Å². The molecule has 2 atom stereocenters. The van der Waals surface area contributed by atoms with E-state index in [4.69, 9.17) is 0 Å². The molecular formula is C10H14N2O2S. The Hall–Kier alpha value is -0.970. The summed E-state index contributed by atoms with van der Waals surface area (Å²) in [7, 11) is 0. The van der Waals surface area contributed by atoms with Crippen molar-refractivity contribution in [3.05, 3.63) is 10.5 Å². The van der Waals surface area contributed by atoms with E-state index in [0.29, 0.717) is 11.4 Å². The number of hydrogen-bond donors (Lipinski definition) is 1. The maximum Gasteiger partial charge on any atom is 0.316 e. The van der Waals surface area contributed by atoms with E-state index >= 15 is 0 Å². The fourth-order valence-electron chi connectivity index (χ4n) is 2.44. The first kappa shape index (κ1) is 10.5. The Morgan fingerprint density at radius 2 is 2.47 bits per heavy atom. The van der Waals surface area contributed by atoms with Gasteiger partial charge in [-0.2, -0.15) is 0 Å². The molecule has 1 fully saturated rings. The summed E-state index contributed by atoms with van der Waals surface area (Å²) in [6.45, 7) is 2.01. The number of hydrogen-bond acceptors (Lipinski definition) is 4. The minimum absolute atomic E-state index is 0.150. The Bertz CT molecular complexity index is 352. The lowest BCUT2D eigenvalue weighted by Gasteiger charge is -2.36. The van der Waals surface area contributed by atoms with Gasteiger partial charge in [0.1, 0.15) is 15.9 Å². The van der Waals surface area contributed by atoms with Crippen molar-refractivity contribution < 1.29 is 9.90 Å². The van der Waals surface area contributed by atoms with Crippen molar-refractivity contribution in [2.75, 3.05) is 0 Å². The zero-order valence-corrected chi connectivity index (χ0v) is 9.46. The number of rotatable bonds is 2. The van der Waals surface area contributed by atoms with Gasteiger partial charge in [-0.3, -0.25) is 4.79 Å². The molecule has 4 nitrogen and oxygen atoms in total. The number of carboxylic acids is 1. The van der Waals surface area contributed by atoms with E-state index in [0.717, 1.165) is 19.3 Å². The lowest BCUT2D eigenvalue weighted by atomic mass is 9.67. The van der Waals surface area contributed by atoms with Crippen LogP contribution in [0, 0.1) is 5.92 Å². The van der Waals surface area contributed by atoms with Crippen molar-refractivity contribution >= 4 is 17.3 Å². The summed E-state index contributed by atoms with van der Waals surface area (Å²) < 4.78 is 0. The van der Waals surface area contributed by atoms with Crippen LogP contribution in [0.2, 0.25) is 0 Å². The first-order valence-corrected chi connectivity index (χ1v) is 6.06. The number of nitrogens with zero attached hydrogens (tertiary/aromatic N) is 2. The molecule has 1 aromatic rings. The average Bonchev–Trinajstić information content (AvgIpc) is 2.71. The largest absolute Gasteiger partial charge is 0.481 e. The molecule has 1 aliphatic carbocycles. The maximum absolute atomic E-state index is 11.5. The lowest BCUT2D eigenvalue weighted by molar-refractivity contribution is -0.147. The molecule has 1 heterocycles. The predicted molar refractivity (Wildman–Crippen MR) is 56.9 cm³/mol. The molecule has 1 aliphatic rings. The number of carbonyl (C=O) groups is 1. The second-order valence-electron chi connectivity index (χ2n) is 4.17. The van der Waals surface area contributed by atoms with E-state index in [1.54, 1.807) is 5.51 Å². The molecule has 0 spiro atoms. The molecule has 15 heavy (non-hydrogen) atoms. The summed E-state index contributed by atoms with van der Waals surface area (Å²) in [6, 6.07) is 0. The third-order valence-electron chi connectivity index (χ3n) is 3.42. The van der Waals surface area contributed by atoms with Crippen LogP contribution < -0.4 is 0 Å². The minimum Gasteiger partial charge on any atom is -0.481 e. The molecule has 1 N–H and O–H groups in total. The Kier molecular flexibility index (Phi) is 2.73. The quantitative estimate of drug-likeness (QED) is 0.838. The SMILES string of the molecule is CC1CCCCC1(C(=O)O)c1nncs1. The highest BCUT2D eigenvalue weighted by Crippen LogP contribution is 2.44. The molecular weight excluding hydrogens is 212 g/mol. The zero-order chi connectivity index (χ0) is 10.9. The summed E-state index contributed by atoms with van der Waals surface area (Å²) in [6.07, 6.45) is 3.75. The first-order valence-electron chi connectivity index (χ1n) is 5.18. The second kappa shape index (κ2) is 3.89. The van der Waals surface area contributed by atoms with Gasteiger partial charge in [0, 0.05) is 0 Å². The minimum atomic E-state index is -0.778. The van der Waals surface area contributed by atoms with Crippen LogP contribution in [0.25, 0.3) is 0 Å². The smallest absolute Gasteiger partial charge is 0.316 e. The van der Waals surface area contributed by atoms with Gasteiger partial charge < -0.3 is 5.11 Å². The molecule has 0 radical (unpaired) electrons. The highest BCUT2D eigenvalue weighted by Gasteiger charge is 2.49. The van der Waals surface area contributed by atoms with E-state index in [2.05, 4.69) is 10.2 Å². The maximum atomic E-state index is 11.5. The standard InChI is InChI=1S/C10H14N2O2S/c1-7-4-2-3-5-10(7,9(13)14)8-12-11-6-15-8/h6-7H,2-5H2,1H3,(H,13,14). The van der Waals surface area contributed by atoms with E-state index in [-0.39, 0.29) is 5.92 Å². The monoisotopic (exact) mass is 226 g/mol. The van der Waals surface area contributed by atoms with Gasteiger partial charge in [-0.05, 0) is 18.8 Å². The summed E-state index contributed by atoms with van der Waals surface area (Å²) in [5.41, 5.74) is 0.834. The van der Waals surface area contributed by atoms with E-state index in [1.807, 2.05) is 6.92 Å². The van der Waals surface area contributed by atoms with Gasteiger partial charge >= 0.3 is 5.97 Å². The molecule has 1 aromatic heterocycles. The molecule has 5 heteroatoms. The summed E-state index contributed by atoms with van der Waals surface area (Å²) in [5.74, 6) is -0.594. The van der Waals surface area contributed by atoms with Crippen molar-refractivity contribution in [2.24, 2.45) is 5.92 Å². The van der Waals surface area contributed by atoms with Crippen molar-refractivity contribution in [3.63, 3.8) is 0 Å². The van der Waals surface area contributed by atoms with Crippen molar-refractivity contribution in [2.45, 2.75) is 38.0 Å². The van der Waals surface area contributed by atoms with Crippen molar-refractivity contribution in [1.82, 2.24) is 10.2 Å². The van der Waals surface area contributed by atoms with Crippen LogP contribution in [0.3, 0.4) is 0 Å². The summed E-state index contributed by atoms with van der Waals surface area (Å²) in [4.78, 5) is 11.5. The molecule has 2 rings (SSSR count). The molecule has 0 amide bonds. The van der Waals surface area contributed by atoms with Crippen molar-refractivity contribution in [3.8, 4) is 0 Å². The predicted octanol–water partition coefficient (Wildman–Crippen LogP) is 2.07. The highest BCUT2D eigenvalue weighted by atomic mass is 32.1. The van der Waals surface area contributed by atoms with Crippen LogP contribution in [0.5, 0.6) is 0 Å². The molecule has 0 aliphatic heterocycles. The van der Waals surface area contributed by atoms with Crippen LogP contribution >= 0.6 is 11.3 Å². The van der Waals surface area contributed by atoms with Gasteiger partial charge in [-0.1, -0.05) is 19.8 Å². The average molecular weight is 226 g/mol. The molecule has 82 valence electrons. The number of carboxylic acid groups (broad SMARTS) is 1.